The van der Waals surface area contributed by atoms with Crippen molar-refractivity contribution in [2.45, 2.75) is 19.3 Å². The zero-order valence-corrected chi connectivity index (χ0v) is 12.7. The number of carbonyl (C=O) groups is 2. The second-order valence-electron chi connectivity index (χ2n) is 5.49. The van der Waals surface area contributed by atoms with Crippen LogP contribution in [0.15, 0.2) is 24.3 Å². The molecule has 22 heavy (non-hydrogen) atoms. The number of amides is 1. The van der Waals surface area contributed by atoms with Crippen LogP contribution in [0.1, 0.15) is 29.6 Å². The van der Waals surface area contributed by atoms with Gasteiger partial charge in [0.2, 0.25) is 0 Å². The molecule has 0 spiro atoms. The maximum Gasteiger partial charge on any atom is 0.322 e. The normalized spacial score (nSPS) is 15.3. The van der Waals surface area contributed by atoms with E-state index in [9.17, 15) is 9.59 Å². The number of hydrogen-bond acceptors (Lipinski definition) is 4. The molecule has 0 aromatic heterocycles. The number of nitrogens with one attached hydrogen (secondary N) is 2. The Labute approximate surface area is 130 Å². The lowest BCUT2D eigenvalue weighted by molar-refractivity contribution is -0.134. The first kappa shape index (κ1) is 16.3. The maximum absolute atomic E-state index is 12.1. The number of carboxylic acid groups (broad SMARTS) is 1. The highest BCUT2D eigenvalue weighted by atomic mass is 16.4. The van der Waals surface area contributed by atoms with Crippen LogP contribution in [0.2, 0.25) is 0 Å². The molecule has 6 nitrogen and oxygen atoms in total. The molecule has 2 rings (SSSR count). The second-order valence-corrected chi connectivity index (χ2v) is 5.49. The summed E-state index contributed by atoms with van der Waals surface area (Å²) in [6.45, 7) is 3.57. The highest BCUT2D eigenvalue weighted by molar-refractivity contribution is 5.95. The van der Waals surface area contributed by atoms with Crippen molar-refractivity contribution in [1.82, 2.24) is 10.2 Å². The van der Waals surface area contributed by atoms with Crippen molar-refractivity contribution in [1.29, 1.82) is 0 Å². The monoisotopic (exact) mass is 305 g/mol. The Bertz CT molecular complexity index is 513. The summed E-state index contributed by atoms with van der Waals surface area (Å²) in [6, 6.07) is 6.87. The van der Waals surface area contributed by atoms with Crippen molar-refractivity contribution < 1.29 is 14.7 Å². The van der Waals surface area contributed by atoms with Gasteiger partial charge in [-0.25, -0.2) is 0 Å². The number of likely N-dealkylation sites (tertiary alicyclic amines) is 1. The Hall–Kier alpha value is -2.08. The molecule has 1 aliphatic rings. The Kier molecular flexibility index (Phi) is 6.21. The van der Waals surface area contributed by atoms with Crippen LogP contribution in [0.4, 0.5) is 5.69 Å². The van der Waals surface area contributed by atoms with Crippen LogP contribution in [0.25, 0.3) is 0 Å². The Morgan fingerprint density at radius 3 is 2.68 bits per heavy atom. The molecule has 1 amide bonds. The number of piperidine rings is 1. The van der Waals surface area contributed by atoms with Crippen molar-refractivity contribution in [2.75, 3.05) is 38.0 Å². The highest BCUT2D eigenvalue weighted by Gasteiger charge is 2.11. The first-order chi connectivity index (χ1) is 10.6. The van der Waals surface area contributed by atoms with Gasteiger partial charge in [0.25, 0.3) is 5.91 Å². The fourth-order valence-electron chi connectivity index (χ4n) is 2.56. The molecule has 120 valence electrons. The minimum Gasteiger partial charge on any atom is -0.480 e. The van der Waals surface area contributed by atoms with Gasteiger partial charge in [-0.15, -0.1) is 0 Å². The van der Waals surface area contributed by atoms with Gasteiger partial charge in [0, 0.05) is 24.3 Å². The third-order valence-electron chi connectivity index (χ3n) is 3.73. The van der Waals surface area contributed by atoms with E-state index in [2.05, 4.69) is 15.5 Å². The highest BCUT2D eigenvalue weighted by Crippen LogP contribution is 2.10. The molecule has 0 bridgehead atoms. The predicted molar refractivity (Wildman–Crippen MR) is 85.2 cm³/mol. The second kappa shape index (κ2) is 8.38. The van der Waals surface area contributed by atoms with Crippen LogP contribution in [-0.2, 0) is 4.79 Å². The lowest BCUT2D eigenvalue weighted by atomic mass is 10.1. The molecule has 1 aromatic carbocycles. The third-order valence-corrected chi connectivity index (χ3v) is 3.73. The Morgan fingerprint density at radius 1 is 1.18 bits per heavy atom. The molecule has 1 aliphatic heterocycles. The summed E-state index contributed by atoms with van der Waals surface area (Å²) in [6.07, 6.45) is 3.79. The zero-order valence-electron chi connectivity index (χ0n) is 12.7. The number of anilines is 1. The first-order valence-electron chi connectivity index (χ1n) is 7.71. The van der Waals surface area contributed by atoms with Crippen LogP contribution in [0, 0.1) is 0 Å². The van der Waals surface area contributed by atoms with E-state index in [-0.39, 0.29) is 12.5 Å². The summed E-state index contributed by atoms with van der Waals surface area (Å²) in [7, 11) is 0. The lowest BCUT2D eigenvalue weighted by Crippen LogP contribution is -2.37. The smallest absolute Gasteiger partial charge is 0.322 e. The van der Waals surface area contributed by atoms with Gasteiger partial charge in [-0.05, 0) is 44.1 Å². The number of aliphatic carboxylic acids is 1. The summed E-state index contributed by atoms with van der Waals surface area (Å²) >= 11 is 0. The van der Waals surface area contributed by atoms with E-state index in [4.69, 9.17) is 5.11 Å². The van der Waals surface area contributed by atoms with Crippen molar-refractivity contribution in [3.63, 3.8) is 0 Å². The van der Waals surface area contributed by atoms with E-state index < -0.39 is 5.97 Å². The largest absolute Gasteiger partial charge is 0.480 e. The average Bonchev–Trinajstić information content (AvgIpc) is 2.54. The van der Waals surface area contributed by atoms with Crippen LogP contribution in [0.5, 0.6) is 0 Å². The van der Waals surface area contributed by atoms with Gasteiger partial charge in [-0.2, -0.15) is 0 Å². The van der Waals surface area contributed by atoms with E-state index >= 15 is 0 Å². The summed E-state index contributed by atoms with van der Waals surface area (Å²) < 4.78 is 0. The molecule has 1 fully saturated rings. The first-order valence-corrected chi connectivity index (χ1v) is 7.71. The van der Waals surface area contributed by atoms with E-state index in [1.54, 1.807) is 24.3 Å². The van der Waals surface area contributed by atoms with Crippen molar-refractivity contribution >= 4 is 17.6 Å². The minimum atomic E-state index is -0.934. The van der Waals surface area contributed by atoms with E-state index in [1.807, 2.05) is 0 Å². The SMILES string of the molecule is O=C(O)CNc1cccc(C(=O)NCCN2CCCCC2)c1. The lowest BCUT2D eigenvalue weighted by Gasteiger charge is -2.26. The van der Waals surface area contributed by atoms with E-state index in [0.717, 1.165) is 19.6 Å². The van der Waals surface area contributed by atoms with Crippen LogP contribution >= 0.6 is 0 Å². The van der Waals surface area contributed by atoms with E-state index in [0.29, 0.717) is 17.8 Å². The molecule has 0 unspecified atom stereocenters. The minimum absolute atomic E-state index is 0.129. The number of hydrogen-bond donors (Lipinski definition) is 3. The van der Waals surface area contributed by atoms with Crippen LogP contribution in [0.3, 0.4) is 0 Å². The summed E-state index contributed by atoms with van der Waals surface area (Å²) in [5, 5.41) is 14.3. The standard InChI is InChI=1S/C16H23N3O3/c20-15(21)12-18-14-6-4-5-13(11-14)16(22)17-7-10-19-8-2-1-3-9-19/h4-6,11,18H,1-3,7-10,12H2,(H,17,22)(H,20,21). The topological polar surface area (TPSA) is 81.7 Å². The number of benzene rings is 1. The molecule has 0 saturated carbocycles. The Balaban J connectivity index is 1.78. The summed E-state index contributed by atoms with van der Waals surface area (Å²) in [5.41, 5.74) is 1.17. The van der Waals surface area contributed by atoms with Gasteiger partial charge in [-0.3, -0.25) is 9.59 Å². The Morgan fingerprint density at radius 2 is 1.95 bits per heavy atom. The van der Waals surface area contributed by atoms with E-state index in [1.165, 1.54) is 19.3 Å². The maximum atomic E-state index is 12.1. The van der Waals surface area contributed by atoms with Gasteiger partial charge in [0.05, 0.1) is 0 Å². The molecule has 6 heteroatoms. The van der Waals surface area contributed by atoms with Gasteiger partial charge < -0.3 is 20.6 Å². The van der Waals surface area contributed by atoms with Crippen molar-refractivity contribution in [2.24, 2.45) is 0 Å². The summed E-state index contributed by atoms with van der Waals surface area (Å²) in [4.78, 5) is 25.0. The molecule has 1 aromatic rings. The molecule has 1 saturated heterocycles. The van der Waals surface area contributed by atoms with Gasteiger partial charge in [0.1, 0.15) is 6.54 Å². The fraction of sp³-hybridized carbons (Fsp3) is 0.500. The molecular formula is C16H23N3O3. The number of carboxylic acids is 1. The van der Waals surface area contributed by atoms with Crippen LogP contribution < -0.4 is 10.6 Å². The average molecular weight is 305 g/mol. The molecule has 0 aliphatic carbocycles. The predicted octanol–water partition coefficient (Wildman–Crippen LogP) is 1.40. The summed E-state index contributed by atoms with van der Waals surface area (Å²) in [5.74, 6) is -1.06. The number of carbonyl (C=O) groups excluding carboxylic acids is 1. The molecule has 3 N–H and O–H groups in total. The molecule has 0 atom stereocenters. The van der Waals surface area contributed by atoms with Gasteiger partial charge in [0.15, 0.2) is 0 Å². The zero-order chi connectivity index (χ0) is 15.8. The quantitative estimate of drug-likeness (QED) is 0.709. The third kappa shape index (κ3) is 5.37. The van der Waals surface area contributed by atoms with Gasteiger partial charge in [-0.1, -0.05) is 12.5 Å². The van der Waals surface area contributed by atoms with Gasteiger partial charge >= 0.3 is 5.97 Å². The molecular weight excluding hydrogens is 282 g/mol. The molecule has 0 radical (unpaired) electrons. The molecule has 1 heterocycles. The number of rotatable bonds is 7. The van der Waals surface area contributed by atoms with Crippen LogP contribution in [-0.4, -0.2) is 54.6 Å². The number of nitrogens with zero attached hydrogens (tertiary/aromatic N) is 1. The van der Waals surface area contributed by atoms with Crippen molar-refractivity contribution in [3.05, 3.63) is 29.8 Å². The fourth-order valence-corrected chi connectivity index (χ4v) is 2.56. The van der Waals surface area contributed by atoms with Crippen molar-refractivity contribution in [3.8, 4) is 0 Å².